The van der Waals surface area contributed by atoms with Gasteiger partial charge in [-0.1, -0.05) is 32.4 Å². The van der Waals surface area contributed by atoms with E-state index in [2.05, 4.69) is 42.8 Å². The van der Waals surface area contributed by atoms with Crippen LogP contribution in [0.15, 0.2) is 12.5 Å². The Labute approximate surface area is 99.7 Å². The van der Waals surface area contributed by atoms with Crippen LogP contribution < -0.4 is 0 Å². The Balaban J connectivity index is 2.59. The standard InChI is InChI=1S/C11H15ClN4/c1-7(11(2,3)4)16-10-8(5-15-16)9(12)13-6-14-10/h5-7H,1-4H3. The lowest BCUT2D eigenvalue weighted by Crippen LogP contribution is -2.22. The van der Waals surface area contributed by atoms with Gasteiger partial charge in [0.15, 0.2) is 5.65 Å². The van der Waals surface area contributed by atoms with Gasteiger partial charge in [-0.15, -0.1) is 0 Å². The molecule has 0 amide bonds. The molecule has 1 unspecified atom stereocenters. The number of halogens is 1. The Morgan fingerprint density at radius 2 is 2.00 bits per heavy atom. The van der Waals surface area contributed by atoms with E-state index in [0.29, 0.717) is 5.15 Å². The van der Waals surface area contributed by atoms with Gasteiger partial charge in [-0.3, -0.25) is 0 Å². The summed E-state index contributed by atoms with van der Waals surface area (Å²) in [6.45, 7) is 8.65. The molecule has 4 nitrogen and oxygen atoms in total. The summed E-state index contributed by atoms with van der Waals surface area (Å²) in [4.78, 5) is 8.18. The predicted molar refractivity (Wildman–Crippen MR) is 64.5 cm³/mol. The number of nitrogens with zero attached hydrogens (tertiary/aromatic N) is 4. The van der Waals surface area contributed by atoms with E-state index < -0.39 is 0 Å². The molecule has 0 saturated carbocycles. The van der Waals surface area contributed by atoms with Crippen molar-refractivity contribution in [1.29, 1.82) is 0 Å². The highest BCUT2D eigenvalue weighted by Crippen LogP contribution is 2.32. The summed E-state index contributed by atoms with van der Waals surface area (Å²) in [7, 11) is 0. The SMILES string of the molecule is CC(n1ncc2c(Cl)ncnc21)C(C)(C)C. The first kappa shape index (κ1) is 11.3. The predicted octanol–water partition coefficient (Wildman–Crippen LogP) is 3.09. The number of aromatic nitrogens is 4. The second-order valence-corrected chi connectivity index (χ2v) is 5.39. The zero-order valence-corrected chi connectivity index (χ0v) is 10.7. The van der Waals surface area contributed by atoms with Crippen molar-refractivity contribution in [1.82, 2.24) is 19.7 Å². The third kappa shape index (κ3) is 1.78. The monoisotopic (exact) mass is 238 g/mol. The molecule has 2 aromatic heterocycles. The van der Waals surface area contributed by atoms with Gasteiger partial charge in [0.25, 0.3) is 0 Å². The normalized spacial score (nSPS) is 14.3. The summed E-state index contributed by atoms with van der Waals surface area (Å²) in [5, 5.41) is 5.61. The van der Waals surface area contributed by atoms with Crippen LogP contribution in [0.5, 0.6) is 0 Å². The van der Waals surface area contributed by atoms with Gasteiger partial charge in [0.1, 0.15) is 11.5 Å². The lowest BCUT2D eigenvalue weighted by atomic mass is 9.88. The quantitative estimate of drug-likeness (QED) is 0.717. The highest BCUT2D eigenvalue weighted by molar-refractivity contribution is 6.33. The summed E-state index contributed by atoms with van der Waals surface area (Å²) in [6.07, 6.45) is 3.19. The molecule has 5 heteroatoms. The Morgan fingerprint density at radius 3 is 2.62 bits per heavy atom. The van der Waals surface area contributed by atoms with Gasteiger partial charge in [-0.25, -0.2) is 14.6 Å². The third-order valence-corrected chi connectivity index (χ3v) is 3.26. The molecule has 0 saturated heterocycles. The van der Waals surface area contributed by atoms with Gasteiger partial charge in [0.05, 0.1) is 17.6 Å². The molecule has 1 atom stereocenters. The van der Waals surface area contributed by atoms with Gasteiger partial charge in [0.2, 0.25) is 0 Å². The van der Waals surface area contributed by atoms with E-state index in [1.165, 1.54) is 6.33 Å². The Morgan fingerprint density at radius 1 is 1.31 bits per heavy atom. The first-order valence-electron chi connectivity index (χ1n) is 5.25. The van der Waals surface area contributed by atoms with Crippen LogP contribution in [0.4, 0.5) is 0 Å². The molecule has 86 valence electrons. The summed E-state index contributed by atoms with van der Waals surface area (Å²) >= 11 is 5.98. The second-order valence-electron chi connectivity index (χ2n) is 5.03. The topological polar surface area (TPSA) is 43.6 Å². The van der Waals surface area contributed by atoms with Crippen molar-refractivity contribution >= 4 is 22.6 Å². The molecule has 0 radical (unpaired) electrons. The van der Waals surface area contributed by atoms with Crippen LogP contribution in [0.1, 0.15) is 33.7 Å². The molecule has 2 heterocycles. The fourth-order valence-corrected chi connectivity index (χ4v) is 1.66. The van der Waals surface area contributed by atoms with Crippen molar-refractivity contribution in [3.8, 4) is 0 Å². The zero-order chi connectivity index (χ0) is 11.9. The van der Waals surface area contributed by atoms with Crippen molar-refractivity contribution < 1.29 is 0 Å². The summed E-state index contributed by atoms with van der Waals surface area (Å²) in [5.41, 5.74) is 0.915. The van der Waals surface area contributed by atoms with E-state index in [9.17, 15) is 0 Å². The zero-order valence-electron chi connectivity index (χ0n) is 9.90. The van der Waals surface area contributed by atoms with Crippen LogP contribution in [0, 0.1) is 5.41 Å². The van der Waals surface area contributed by atoms with E-state index in [-0.39, 0.29) is 11.5 Å². The van der Waals surface area contributed by atoms with Crippen LogP contribution in [0.3, 0.4) is 0 Å². The molecular formula is C11H15ClN4. The Hall–Kier alpha value is -1.16. The molecule has 0 bridgehead atoms. The fourth-order valence-electron chi connectivity index (χ4n) is 1.48. The molecule has 2 rings (SSSR count). The maximum Gasteiger partial charge on any atom is 0.162 e. The van der Waals surface area contributed by atoms with Gasteiger partial charge in [-0.05, 0) is 12.3 Å². The second kappa shape index (κ2) is 3.70. The average Bonchev–Trinajstić information content (AvgIpc) is 2.60. The molecular weight excluding hydrogens is 224 g/mol. The Bertz CT molecular complexity index is 512. The number of hydrogen-bond donors (Lipinski definition) is 0. The maximum absolute atomic E-state index is 5.98. The lowest BCUT2D eigenvalue weighted by Gasteiger charge is -2.27. The third-order valence-electron chi connectivity index (χ3n) is 2.96. The molecule has 0 fully saturated rings. The summed E-state index contributed by atoms with van der Waals surface area (Å²) in [5.74, 6) is 0. The number of rotatable bonds is 1. The highest BCUT2D eigenvalue weighted by atomic mass is 35.5. The van der Waals surface area contributed by atoms with E-state index in [1.807, 2.05) is 4.68 Å². The van der Waals surface area contributed by atoms with E-state index in [4.69, 9.17) is 11.6 Å². The molecule has 2 aromatic rings. The van der Waals surface area contributed by atoms with Crippen LogP contribution in [0.25, 0.3) is 11.0 Å². The molecule has 16 heavy (non-hydrogen) atoms. The van der Waals surface area contributed by atoms with Crippen molar-refractivity contribution in [2.24, 2.45) is 5.41 Å². The summed E-state index contributed by atoms with van der Waals surface area (Å²) in [6, 6.07) is 0.246. The van der Waals surface area contributed by atoms with Gasteiger partial charge < -0.3 is 0 Å². The van der Waals surface area contributed by atoms with E-state index in [0.717, 1.165) is 11.0 Å². The van der Waals surface area contributed by atoms with Crippen LogP contribution in [-0.4, -0.2) is 19.7 Å². The first-order valence-corrected chi connectivity index (χ1v) is 5.63. The number of fused-ring (bicyclic) bond motifs is 1. The molecule has 0 aliphatic heterocycles. The smallest absolute Gasteiger partial charge is 0.162 e. The largest absolute Gasteiger partial charge is 0.244 e. The average molecular weight is 239 g/mol. The summed E-state index contributed by atoms with van der Waals surface area (Å²) < 4.78 is 1.91. The lowest BCUT2D eigenvalue weighted by molar-refractivity contribution is 0.249. The van der Waals surface area contributed by atoms with Gasteiger partial charge in [0, 0.05) is 0 Å². The van der Waals surface area contributed by atoms with Crippen LogP contribution in [-0.2, 0) is 0 Å². The van der Waals surface area contributed by atoms with Crippen molar-refractivity contribution in [3.05, 3.63) is 17.7 Å². The number of hydrogen-bond acceptors (Lipinski definition) is 3. The van der Waals surface area contributed by atoms with E-state index >= 15 is 0 Å². The van der Waals surface area contributed by atoms with E-state index in [1.54, 1.807) is 6.20 Å². The Kier molecular flexibility index (Phi) is 2.62. The van der Waals surface area contributed by atoms with Crippen molar-refractivity contribution in [3.63, 3.8) is 0 Å². The fraction of sp³-hybridized carbons (Fsp3) is 0.545. The van der Waals surface area contributed by atoms with Crippen molar-refractivity contribution in [2.75, 3.05) is 0 Å². The van der Waals surface area contributed by atoms with Crippen molar-refractivity contribution in [2.45, 2.75) is 33.7 Å². The maximum atomic E-state index is 5.98. The van der Waals surface area contributed by atoms with Gasteiger partial charge in [-0.2, -0.15) is 5.10 Å². The molecule has 0 N–H and O–H groups in total. The first-order chi connectivity index (χ1) is 7.41. The minimum atomic E-state index is 0.121. The van der Waals surface area contributed by atoms with Crippen LogP contribution in [0.2, 0.25) is 5.15 Å². The minimum Gasteiger partial charge on any atom is -0.244 e. The minimum absolute atomic E-state index is 0.121. The molecule has 0 aliphatic rings. The van der Waals surface area contributed by atoms with Gasteiger partial charge >= 0.3 is 0 Å². The highest BCUT2D eigenvalue weighted by Gasteiger charge is 2.24. The van der Waals surface area contributed by atoms with Crippen LogP contribution >= 0.6 is 11.6 Å². The molecule has 0 aromatic carbocycles. The molecule has 0 aliphatic carbocycles. The molecule has 0 spiro atoms.